The Hall–Kier alpha value is -4.85. The number of halogens is 2. The van der Waals surface area contributed by atoms with Crippen molar-refractivity contribution < 1.29 is 27.8 Å². The van der Waals surface area contributed by atoms with Crippen molar-refractivity contribution in [3.05, 3.63) is 108 Å². The first-order valence-corrected chi connectivity index (χ1v) is 17.8. The number of fused-ring (bicyclic) bond motifs is 1. The van der Waals surface area contributed by atoms with Crippen LogP contribution in [0.1, 0.15) is 11.1 Å². The number of hydrogen-bond acceptors (Lipinski definition) is 6. The molecule has 3 aromatic carbocycles. The molecule has 2 heterocycles. The standard InChI is InChI=1S/C34H31F2N3O4Si/c1-44(2,3)16-15-41-22-39-21-27(25-11-9-23(20-37)10-12-25)32-30(13-14-38-34(32)39)43-33-28(35)17-24(18-29(33)36)19-31(40)42-26-7-5-4-6-8-26/h4-14,17-18,21H,15-16,19,22H2,1-3H3. The molecule has 5 aromatic rings. The quantitative estimate of drug-likeness (QED) is 0.0649. The molecule has 2 aromatic heterocycles. The van der Waals surface area contributed by atoms with Gasteiger partial charge in [0.1, 0.15) is 23.9 Å². The highest BCUT2D eigenvalue weighted by Gasteiger charge is 2.21. The number of ether oxygens (including phenoxy) is 3. The predicted molar refractivity (Wildman–Crippen MR) is 166 cm³/mol. The van der Waals surface area contributed by atoms with Gasteiger partial charge >= 0.3 is 5.97 Å². The van der Waals surface area contributed by atoms with E-state index in [1.165, 1.54) is 12.3 Å². The number of nitriles is 1. The lowest BCUT2D eigenvalue weighted by molar-refractivity contribution is -0.133. The molecular weight excluding hydrogens is 580 g/mol. The summed E-state index contributed by atoms with van der Waals surface area (Å²) in [5.41, 5.74) is 2.58. The molecule has 0 spiro atoms. The summed E-state index contributed by atoms with van der Waals surface area (Å²) in [4.78, 5) is 16.9. The summed E-state index contributed by atoms with van der Waals surface area (Å²) in [5.74, 6) is -2.67. The summed E-state index contributed by atoms with van der Waals surface area (Å²) in [7, 11) is -1.29. The molecule has 0 saturated carbocycles. The Morgan fingerprint density at radius 1 is 1.00 bits per heavy atom. The third kappa shape index (κ3) is 7.37. The Kier molecular flexibility index (Phi) is 9.18. The van der Waals surface area contributed by atoms with Crippen LogP contribution < -0.4 is 9.47 Å². The average Bonchev–Trinajstić information content (AvgIpc) is 3.36. The maximum absolute atomic E-state index is 15.3. The number of esters is 1. The van der Waals surface area contributed by atoms with Gasteiger partial charge in [-0.05, 0) is 59.6 Å². The number of hydrogen-bond donors (Lipinski definition) is 0. The van der Waals surface area contributed by atoms with Gasteiger partial charge in [-0.3, -0.25) is 4.79 Å². The number of rotatable bonds is 11. The second-order valence-corrected chi connectivity index (χ2v) is 17.1. The molecule has 44 heavy (non-hydrogen) atoms. The molecule has 0 radical (unpaired) electrons. The summed E-state index contributed by atoms with van der Waals surface area (Å²) in [6.45, 7) is 7.65. The molecule has 0 aliphatic rings. The zero-order chi connectivity index (χ0) is 31.3. The smallest absolute Gasteiger partial charge is 0.315 e. The lowest BCUT2D eigenvalue weighted by Crippen LogP contribution is -2.22. The first-order chi connectivity index (χ1) is 21.1. The fraction of sp³-hybridized carbons (Fsp3) is 0.206. The normalized spacial score (nSPS) is 11.4. The topological polar surface area (TPSA) is 86.4 Å². The highest BCUT2D eigenvalue weighted by molar-refractivity contribution is 6.76. The number of para-hydroxylation sites is 1. The fourth-order valence-corrected chi connectivity index (χ4v) is 5.36. The van der Waals surface area contributed by atoms with Crippen LogP contribution in [0.4, 0.5) is 8.78 Å². The fourth-order valence-electron chi connectivity index (χ4n) is 4.60. The van der Waals surface area contributed by atoms with Crippen LogP contribution >= 0.6 is 0 Å². The van der Waals surface area contributed by atoms with E-state index in [0.29, 0.717) is 34.5 Å². The number of carbonyl (C=O) groups excluding carboxylic acids is 1. The molecule has 0 aliphatic carbocycles. The maximum atomic E-state index is 15.3. The SMILES string of the molecule is C[Si](C)(C)CCOCn1cc(-c2ccc(C#N)cc2)c2c(Oc3c(F)cc(CC(=O)Oc4ccccc4)cc3F)ccnc21. The van der Waals surface area contributed by atoms with E-state index in [0.717, 1.165) is 23.7 Å². The lowest BCUT2D eigenvalue weighted by Gasteiger charge is -2.15. The van der Waals surface area contributed by atoms with E-state index >= 15 is 8.78 Å². The van der Waals surface area contributed by atoms with Gasteiger partial charge in [0.05, 0.1) is 23.4 Å². The minimum Gasteiger partial charge on any atom is -0.450 e. The van der Waals surface area contributed by atoms with Crippen molar-refractivity contribution in [3.63, 3.8) is 0 Å². The van der Waals surface area contributed by atoms with Crippen molar-refractivity contribution in [2.75, 3.05) is 6.61 Å². The summed E-state index contributed by atoms with van der Waals surface area (Å²) in [6, 6.07) is 22.2. The Labute approximate surface area is 255 Å². The van der Waals surface area contributed by atoms with E-state index in [4.69, 9.17) is 14.2 Å². The van der Waals surface area contributed by atoms with Gasteiger partial charge in [-0.2, -0.15) is 5.26 Å². The van der Waals surface area contributed by atoms with Crippen molar-refractivity contribution in [2.45, 2.75) is 38.8 Å². The molecule has 0 unspecified atom stereocenters. The summed E-state index contributed by atoms with van der Waals surface area (Å²) >= 11 is 0. The van der Waals surface area contributed by atoms with E-state index < -0.39 is 31.4 Å². The second kappa shape index (κ2) is 13.2. The highest BCUT2D eigenvalue weighted by Crippen LogP contribution is 2.39. The number of aromatic nitrogens is 2. The van der Waals surface area contributed by atoms with E-state index in [-0.39, 0.29) is 24.5 Å². The van der Waals surface area contributed by atoms with Crippen LogP contribution in [0.15, 0.2) is 85.2 Å². The molecule has 5 rings (SSSR count). The molecule has 7 nitrogen and oxygen atoms in total. The molecule has 0 fully saturated rings. The molecular formula is C34H31F2N3O4Si. The van der Waals surface area contributed by atoms with E-state index in [1.54, 1.807) is 54.6 Å². The Morgan fingerprint density at radius 2 is 1.70 bits per heavy atom. The molecule has 224 valence electrons. The van der Waals surface area contributed by atoms with Gasteiger partial charge in [-0.1, -0.05) is 50.0 Å². The molecule has 0 atom stereocenters. The Balaban J connectivity index is 1.45. The third-order valence-corrected chi connectivity index (χ3v) is 8.57. The van der Waals surface area contributed by atoms with Crippen molar-refractivity contribution in [2.24, 2.45) is 0 Å². The van der Waals surface area contributed by atoms with Crippen LogP contribution in [0.2, 0.25) is 25.7 Å². The van der Waals surface area contributed by atoms with Crippen molar-refractivity contribution in [1.82, 2.24) is 9.55 Å². The van der Waals surface area contributed by atoms with Gasteiger partial charge in [-0.25, -0.2) is 13.8 Å². The Morgan fingerprint density at radius 3 is 2.36 bits per heavy atom. The first-order valence-electron chi connectivity index (χ1n) is 14.1. The molecule has 0 amide bonds. The van der Waals surface area contributed by atoms with Gasteiger partial charge in [0.25, 0.3) is 0 Å². The van der Waals surface area contributed by atoms with Gasteiger partial charge < -0.3 is 18.8 Å². The van der Waals surface area contributed by atoms with Crippen LogP contribution in [-0.4, -0.2) is 30.2 Å². The number of nitrogens with zero attached hydrogens (tertiary/aromatic N) is 3. The van der Waals surface area contributed by atoms with Gasteiger partial charge in [0.15, 0.2) is 17.4 Å². The van der Waals surface area contributed by atoms with E-state index in [2.05, 4.69) is 30.7 Å². The largest absolute Gasteiger partial charge is 0.450 e. The van der Waals surface area contributed by atoms with E-state index in [9.17, 15) is 10.1 Å². The van der Waals surface area contributed by atoms with Gasteiger partial charge in [0, 0.05) is 32.6 Å². The van der Waals surface area contributed by atoms with Crippen molar-refractivity contribution in [3.8, 4) is 34.4 Å². The van der Waals surface area contributed by atoms with Crippen LogP contribution in [0, 0.1) is 23.0 Å². The predicted octanol–water partition coefficient (Wildman–Crippen LogP) is 8.11. The number of benzene rings is 3. The summed E-state index contributed by atoms with van der Waals surface area (Å²) in [6.07, 6.45) is 3.03. The van der Waals surface area contributed by atoms with Gasteiger partial charge in [0.2, 0.25) is 0 Å². The van der Waals surface area contributed by atoms with Crippen LogP contribution in [0.5, 0.6) is 17.2 Å². The monoisotopic (exact) mass is 611 g/mol. The molecule has 0 N–H and O–H groups in total. The minimum atomic E-state index is -1.29. The molecule has 0 saturated heterocycles. The highest BCUT2D eigenvalue weighted by atomic mass is 28.3. The third-order valence-electron chi connectivity index (χ3n) is 6.86. The number of pyridine rings is 1. The lowest BCUT2D eigenvalue weighted by atomic mass is 10.0. The zero-order valence-corrected chi connectivity index (χ0v) is 25.6. The second-order valence-electron chi connectivity index (χ2n) is 11.5. The summed E-state index contributed by atoms with van der Waals surface area (Å²) < 4.78 is 49.6. The van der Waals surface area contributed by atoms with Crippen LogP contribution in [-0.2, 0) is 22.7 Å². The van der Waals surface area contributed by atoms with Crippen molar-refractivity contribution >= 4 is 25.1 Å². The average molecular weight is 612 g/mol. The first kappa shape index (κ1) is 30.6. The number of carbonyl (C=O) groups is 1. The van der Waals surface area contributed by atoms with Crippen LogP contribution in [0.25, 0.3) is 22.2 Å². The minimum absolute atomic E-state index is 0.105. The molecule has 10 heteroatoms. The van der Waals surface area contributed by atoms with Gasteiger partial charge in [-0.15, -0.1) is 0 Å². The van der Waals surface area contributed by atoms with Crippen LogP contribution in [0.3, 0.4) is 0 Å². The molecule has 0 aliphatic heterocycles. The van der Waals surface area contributed by atoms with E-state index in [1.807, 2.05) is 10.8 Å². The zero-order valence-electron chi connectivity index (χ0n) is 24.6. The maximum Gasteiger partial charge on any atom is 0.315 e. The summed E-state index contributed by atoms with van der Waals surface area (Å²) in [5, 5.41) is 9.78. The molecule has 0 bridgehead atoms. The van der Waals surface area contributed by atoms with Crippen molar-refractivity contribution in [1.29, 1.82) is 5.26 Å². The Bertz CT molecular complexity index is 1810.